The fourth-order valence-corrected chi connectivity index (χ4v) is 5.46. The average Bonchev–Trinajstić information content (AvgIpc) is 3.59. The van der Waals surface area contributed by atoms with Crippen LogP contribution in [0.3, 0.4) is 0 Å². The van der Waals surface area contributed by atoms with Gasteiger partial charge in [0.05, 0.1) is 23.8 Å². The Hall–Kier alpha value is -3.76. The Balaban J connectivity index is 1.44. The molecule has 0 atom stereocenters. The molecule has 5 rings (SSSR count). The third-order valence-corrected chi connectivity index (χ3v) is 7.80. The molecular weight excluding hydrogens is 506 g/mol. The molecule has 0 N–H and O–H groups in total. The van der Waals surface area contributed by atoms with Gasteiger partial charge in [-0.1, -0.05) is 23.7 Å². The zero-order chi connectivity index (χ0) is 25.3. The highest BCUT2D eigenvalue weighted by Crippen LogP contribution is 2.35. The van der Waals surface area contributed by atoms with Crippen molar-refractivity contribution < 1.29 is 26.8 Å². The molecule has 1 fully saturated rings. The summed E-state index contributed by atoms with van der Waals surface area (Å²) >= 11 is 5.95. The minimum Gasteiger partial charge on any atom is -0.496 e. The van der Waals surface area contributed by atoms with Crippen LogP contribution in [-0.2, 0) is 9.84 Å². The van der Waals surface area contributed by atoms with Crippen LogP contribution in [0, 0.1) is 0 Å². The van der Waals surface area contributed by atoms with E-state index in [1.54, 1.807) is 46.2 Å². The second-order valence-electron chi connectivity index (χ2n) is 8.04. The second kappa shape index (κ2) is 9.71. The van der Waals surface area contributed by atoms with Crippen LogP contribution in [0.4, 0.5) is 5.88 Å². The summed E-state index contributed by atoms with van der Waals surface area (Å²) in [7, 11) is -2.51. The van der Waals surface area contributed by atoms with Crippen molar-refractivity contribution in [3.63, 3.8) is 0 Å². The summed E-state index contributed by atoms with van der Waals surface area (Å²) in [5, 5.41) is 0.196. The van der Waals surface area contributed by atoms with E-state index in [1.807, 2.05) is 0 Å². The number of ether oxygens (including phenoxy) is 1. The Labute approximate surface area is 212 Å². The molecule has 1 saturated heterocycles. The fourth-order valence-electron chi connectivity index (χ4n) is 4.01. The third kappa shape index (κ3) is 4.45. The number of carbonyl (C=O) groups excluding carboxylic acids is 1. The number of nitrogens with zero attached hydrogens (tertiary/aromatic N) is 3. The van der Waals surface area contributed by atoms with E-state index in [0.29, 0.717) is 48.3 Å². The summed E-state index contributed by atoms with van der Waals surface area (Å²) in [5.41, 5.74) is 0.472. The van der Waals surface area contributed by atoms with Gasteiger partial charge in [-0.05, 0) is 48.5 Å². The second-order valence-corrected chi connectivity index (χ2v) is 10.3. The fraction of sp³-hybridized carbons (Fsp3) is 0.200. The average molecular weight is 528 g/mol. The van der Waals surface area contributed by atoms with Gasteiger partial charge in [0.15, 0.2) is 5.76 Å². The third-order valence-electron chi connectivity index (χ3n) is 5.88. The van der Waals surface area contributed by atoms with Crippen LogP contribution >= 0.6 is 11.6 Å². The number of aromatic nitrogens is 1. The molecule has 3 heterocycles. The Kier molecular flexibility index (Phi) is 6.46. The Morgan fingerprint density at radius 1 is 1.00 bits per heavy atom. The van der Waals surface area contributed by atoms with E-state index < -0.39 is 9.84 Å². The highest BCUT2D eigenvalue weighted by molar-refractivity contribution is 7.91. The summed E-state index contributed by atoms with van der Waals surface area (Å²) in [6.07, 6.45) is 1.45. The van der Waals surface area contributed by atoms with Gasteiger partial charge in [0, 0.05) is 31.2 Å². The topological polar surface area (TPSA) is 106 Å². The molecule has 1 amide bonds. The predicted molar refractivity (Wildman–Crippen MR) is 132 cm³/mol. The summed E-state index contributed by atoms with van der Waals surface area (Å²) in [5.74, 6) is 0.796. The number of para-hydroxylation sites is 1. The molecule has 36 heavy (non-hydrogen) atoms. The Morgan fingerprint density at radius 2 is 1.72 bits per heavy atom. The molecule has 1 aliphatic rings. The van der Waals surface area contributed by atoms with E-state index in [-0.39, 0.29) is 27.6 Å². The number of amides is 1. The summed E-state index contributed by atoms with van der Waals surface area (Å²) < 4.78 is 43.7. The number of oxazole rings is 1. The van der Waals surface area contributed by atoms with Gasteiger partial charge >= 0.3 is 0 Å². The van der Waals surface area contributed by atoms with Crippen molar-refractivity contribution in [3.8, 4) is 17.4 Å². The van der Waals surface area contributed by atoms with E-state index >= 15 is 0 Å². The van der Waals surface area contributed by atoms with Crippen LogP contribution in [0.25, 0.3) is 11.7 Å². The molecule has 0 bridgehead atoms. The Morgan fingerprint density at radius 3 is 2.39 bits per heavy atom. The number of methoxy groups -OCH3 is 1. The van der Waals surface area contributed by atoms with Crippen LogP contribution in [0.1, 0.15) is 10.4 Å². The summed E-state index contributed by atoms with van der Waals surface area (Å²) in [6.45, 7) is 1.40. The van der Waals surface area contributed by atoms with Gasteiger partial charge in [-0.15, -0.1) is 0 Å². The lowest BCUT2D eigenvalue weighted by Crippen LogP contribution is -2.49. The monoisotopic (exact) mass is 527 g/mol. The zero-order valence-corrected chi connectivity index (χ0v) is 20.8. The molecule has 2 aromatic carbocycles. The van der Waals surface area contributed by atoms with Gasteiger partial charge in [0.25, 0.3) is 11.8 Å². The summed E-state index contributed by atoms with van der Waals surface area (Å²) in [6, 6.07) is 16.2. The van der Waals surface area contributed by atoms with Crippen molar-refractivity contribution in [2.24, 2.45) is 0 Å². The van der Waals surface area contributed by atoms with Crippen molar-refractivity contribution in [2.45, 2.75) is 9.92 Å². The van der Waals surface area contributed by atoms with Gasteiger partial charge in [-0.3, -0.25) is 4.79 Å². The highest BCUT2D eigenvalue weighted by Gasteiger charge is 2.34. The maximum absolute atomic E-state index is 13.5. The van der Waals surface area contributed by atoms with Gasteiger partial charge < -0.3 is 23.4 Å². The molecule has 0 radical (unpaired) electrons. The van der Waals surface area contributed by atoms with Gasteiger partial charge in [-0.25, -0.2) is 8.42 Å². The van der Waals surface area contributed by atoms with Crippen LogP contribution in [0.5, 0.6) is 5.75 Å². The van der Waals surface area contributed by atoms with Crippen LogP contribution in [0.2, 0.25) is 5.02 Å². The number of rotatable bonds is 6. The minimum absolute atomic E-state index is 0.0393. The maximum atomic E-state index is 13.5. The molecule has 9 nitrogen and oxygen atoms in total. The Bertz CT molecular complexity index is 1470. The number of carbonyl (C=O) groups is 1. The lowest BCUT2D eigenvalue weighted by atomic mass is 10.1. The van der Waals surface area contributed by atoms with Crippen molar-refractivity contribution in [2.75, 3.05) is 38.2 Å². The first-order valence-electron chi connectivity index (χ1n) is 11.1. The first-order chi connectivity index (χ1) is 17.4. The quantitative estimate of drug-likeness (QED) is 0.363. The van der Waals surface area contributed by atoms with Crippen molar-refractivity contribution in [1.29, 1.82) is 0 Å². The largest absolute Gasteiger partial charge is 0.496 e. The maximum Gasteiger partial charge on any atom is 0.266 e. The normalized spacial score (nSPS) is 14.2. The molecule has 2 aromatic heterocycles. The molecule has 0 spiro atoms. The summed E-state index contributed by atoms with van der Waals surface area (Å²) in [4.78, 5) is 20.9. The van der Waals surface area contributed by atoms with Crippen molar-refractivity contribution in [1.82, 2.24) is 9.88 Å². The lowest BCUT2D eigenvalue weighted by molar-refractivity contribution is 0.0741. The smallest absolute Gasteiger partial charge is 0.266 e. The first kappa shape index (κ1) is 24.0. The molecule has 186 valence electrons. The van der Waals surface area contributed by atoms with Crippen LogP contribution < -0.4 is 9.64 Å². The predicted octanol–water partition coefficient (Wildman–Crippen LogP) is 4.39. The SMILES string of the molecule is COc1ccccc1C(=O)N1CCN(c2oc(-c3ccco3)nc2S(=O)(=O)c2ccc(Cl)cc2)CC1. The molecule has 11 heteroatoms. The van der Waals surface area contributed by atoms with Gasteiger partial charge in [0.1, 0.15) is 5.75 Å². The zero-order valence-electron chi connectivity index (χ0n) is 19.3. The number of halogens is 1. The number of sulfone groups is 1. The van der Waals surface area contributed by atoms with Crippen LogP contribution in [-0.4, -0.2) is 57.5 Å². The van der Waals surface area contributed by atoms with Crippen LogP contribution in [0.15, 0.2) is 85.7 Å². The molecular formula is C25H22ClN3O6S. The minimum atomic E-state index is -4.03. The van der Waals surface area contributed by atoms with E-state index in [1.165, 1.54) is 37.6 Å². The van der Waals surface area contributed by atoms with Gasteiger partial charge in [-0.2, -0.15) is 4.98 Å². The van der Waals surface area contributed by atoms with E-state index in [0.717, 1.165) is 0 Å². The number of anilines is 1. The molecule has 4 aromatic rings. The van der Waals surface area contributed by atoms with E-state index in [2.05, 4.69) is 4.98 Å². The number of hydrogen-bond donors (Lipinski definition) is 0. The molecule has 0 saturated carbocycles. The standard InChI is InChI=1S/C25H22ClN3O6S/c1-33-20-6-3-2-5-19(20)24(30)28-12-14-29(15-13-28)25-23(27-22(35-25)21-7-4-16-34-21)36(31,32)18-10-8-17(26)9-11-18/h2-11,16H,12-15H2,1H3. The first-order valence-corrected chi connectivity index (χ1v) is 13.0. The van der Waals surface area contributed by atoms with Crippen molar-refractivity contribution in [3.05, 3.63) is 77.5 Å². The number of hydrogen-bond acceptors (Lipinski definition) is 8. The number of furan rings is 1. The van der Waals surface area contributed by atoms with Crippen molar-refractivity contribution >= 4 is 33.2 Å². The number of piperazine rings is 1. The van der Waals surface area contributed by atoms with E-state index in [9.17, 15) is 13.2 Å². The van der Waals surface area contributed by atoms with Gasteiger partial charge in [0.2, 0.25) is 20.7 Å². The highest BCUT2D eigenvalue weighted by atomic mass is 35.5. The molecule has 1 aliphatic heterocycles. The lowest BCUT2D eigenvalue weighted by Gasteiger charge is -2.34. The molecule has 0 unspecified atom stereocenters. The van der Waals surface area contributed by atoms with E-state index in [4.69, 9.17) is 25.2 Å². The molecule has 0 aliphatic carbocycles. The number of benzene rings is 2.